The number of hydrogen-bond acceptors (Lipinski definition) is 1. The largest absolute Gasteiger partial charge is 0.262 e. The van der Waals surface area contributed by atoms with Crippen LogP contribution in [-0.4, -0.2) is 5.71 Å². The SMILES string of the molecule is C=CN=C(C)/C=C(/C)CC.CC.CC.CC.CC. The fourth-order valence-electron chi connectivity index (χ4n) is 0.640. The third-order valence-electron chi connectivity index (χ3n) is 1.31. The first-order chi connectivity index (χ1) is 8.70. The lowest BCUT2D eigenvalue weighted by Crippen LogP contribution is -1.84. The molecular weight excluding hydrogens is 218 g/mol. The first-order valence-electron chi connectivity index (χ1n) is 7.53. The van der Waals surface area contributed by atoms with E-state index < -0.39 is 0 Å². The van der Waals surface area contributed by atoms with Crippen molar-refractivity contribution in [1.82, 2.24) is 0 Å². The second kappa shape index (κ2) is 44.3. The van der Waals surface area contributed by atoms with E-state index in [0.29, 0.717) is 0 Å². The van der Waals surface area contributed by atoms with Crippen molar-refractivity contribution in [3.63, 3.8) is 0 Å². The van der Waals surface area contributed by atoms with Gasteiger partial charge in [-0.2, -0.15) is 0 Å². The van der Waals surface area contributed by atoms with Gasteiger partial charge >= 0.3 is 0 Å². The zero-order chi connectivity index (χ0) is 16.0. The molecule has 1 heteroatoms. The Bertz CT molecular complexity index is 164. The van der Waals surface area contributed by atoms with Crippen LogP contribution >= 0.6 is 0 Å². The Hall–Kier alpha value is -0.850. The minimum Gasteiger partial charge on any atom is -0.262 e. The third-order valence-corrected chi connectivity index (χ3v) is 1.31. The van der Waals surface area contributed by atoms with Crippen LogP contribution in [0.3, 0.4) is 0 Å². The lowest BCUT2D eigenvalue weighted by atomic mass is 10.2. The maximum absolute atomic E-state index is 4.02. The maximum atomic E-state index is 4.02. The molecule has 0 fully saturated rings. The van der Waals surface area contributed by atoms with Gasteiger partial charge in [0.2, 0.25) is 0 Å². The summed E-state index contributed by atoms with van der Waals surface area (Å²) in [5, 5.41) is 0. The summed E-state index contributed by atoms with van der Waals surface area (Å²) in [5.41, 5.74) is 2.37. The molecule has 0 amide bonds. The first kappa shape index (κ1) is 30.3. The molecule has 0 heterocycles. The summed E-state index contributed by atoms with van der Waals surface area (Å²) in [6.07, 6.45) is 4.72. The summed E-state index contributed by atoms with van der Waals surface area (Å²) < 4.78 is 0. The molecule has 0 rings (SSSR count). The minimum atomic E-state index is 1.02. The Balaban J connectivity index is -0.0000000596. The molecule has 0 N–H and O–H groups in total. The maximum Gasteiger partial charge on any atom is 0.0371 e. The summed E-state index contributed by atoms with van der Waals surface area (Å²) in [4.78, 5) is 4.02. The fourth-order valence-corrected chi connectivity index (χ4v) is 0.640. The predicted octanol–water partition coefficient (Wildman–Crippen LogP) is 7.05. The van der Waals surface area contributed by atoms with Gasteiger partial charge in [0.15, 0.2) is 0 Å². The minimum absolute atomic E-state index is 1.02. The lowest BCUT2D eigenvalue weighted by Gasteiger charge is -1.93. The summed E-state index contributed by atoms with van der Waals surface area (Å²) in [6, 6.07) is 0. The van der Waals surface area contributed by atoms with Crippen LogP contribution in [0.4, 0.5) is 0 Å². The molecule has 0 aliphatic carbocycles. The molecule has 0 aromatic heterocycles. The number of rotatable bonds is 3. The summed E-state index contributed by atoms with van der Waals surface area (Å²) >= 11 is 0. The van der Waals surface area contributed by atoms with Gasteiger partial charge < -0.3 is 0 Å². The Labute approximate surface area is 118 Å². The van der Waals surface area contributed by atoms with E-state index in [2.05, 4.69) is 31.5 Å². The zero-order valence-electron chi connectivity index (χ0n) is 15.0. The van der Waals surface area contributed by atoms with Crippen LogP contribution in [-0.2, 0) is 0 Å². The van der Waals surface area contributed by atoms with Crippen LogP contribution in [0.2, 0.25) is 0 Å². The molecule has 18 heavy (non-hydrogen) atoms. The molecule has 112 valence electrons. The molecule has 0 atom stereocenters. The molecule has 0 aliphatic heterocycles. The van der Waals surface area contributed by atoms with Crippen LogP contribution in [0.15, 0.2) is 29.4 Å². The Kier molecular flexibility index (Phi) is 74.5. The number of hydrogen-bond donors (Lipinski definition) is 0. The highest BCUT2D eigenvalue weighted by Crippen LogP contribution is 1.98. The van der Waals surface area contributed by atoms with Gasteiger partial charge in [-0.3, -0.25) is 4.99 Å². The van der Waals surface area contributed by atoms with E-state index in [-0.39, 0.29) is 0 Å². The highest BCUT2D eigenvalue weighted by atomic mass is 14.7. The normalized spacial score (nSPS) is 8.83. The van der Waals surface area contributed by atoms with Gasteiger partial charge in [0, 0.05) is 11.9 Å². The second-order valence-electron chi connectivity index (χ2n) is 2.30. The van der Waals surface area contributed by atoms with E-state index in [1.807, 2.05) is 62.3 Å². The molecule has 0 aliphatic rings. The van der Waals surface area contributed by atoms with Crippen molar-refractivity contribution in [3.8, 4) is 0 Å². The fraction of sp³-hybridized carbons (Fsp3) is 0.706. The summed E-state index contributed by atoms with van der Waals surface area (Å²) in [5.74, 6) is 0. The molecular formula is C17H39N. The zero-order valence-corrected chi connectivity index (χ0v) is 15.0. The van der Waals surface area contributed by atoms with Crippen LogP contribution < -0.4 is 0 Å². The Morgan fingerprint density at radius 3 is 1.44 bits per heavy atom. The van der Waals surface area contributed by atoms with Crippen molar-refractivity contribution < 1.29 is 0 Å². The Morgan fingerprint density at radius 1 is 0.889 bits per heavy atom. The van der Waals surface area contributed by atoms with E-state index in [1.54, 1.807) is 6.20 Å². The average molecular weight is 258 g/mol. The van der Waals surface area contributed by atoms with Gasteiger partial charge in [0.1, 0.15) is 0 Å². The summed E-state index contributed by atoms with van der Waals surface area (Å²) in [7, 11) is 0. The van der Waals surface area contributed by atoms with E-state index >= 15 is 0 Å². The van der Waals surface area contributed by atoms with Crippen LogP contribution in [0.5, 0.6) is 0 Å². The van der Waals surface area contributed by atoms with Crippen molar-refractivity contribution in [2.24, 2.45) is 4.99 Å². The molecule has 0 bridgehead atoms. The van der Waals surface area contributed by atoms with Crippen molar-refractivity contribution in [1.29, 1.82) is 0 Å². The first-order valence-corrected chi connectivity index (χ1v) is 7.53. The molecule has 0 unspecified atom stereocenters. The van der Waals surface area contributed by atoms with Gasteiger partial charge in [-0.15, -0.1) is 0 Å². The van der Waals surface area contributed by atoms with Gasteiger partial charge in [0.05, 0.1) is 0 Å². The van der Waals surface area contributed by atoms with Crippen molar-refractivity contribution in [2.45, 2.75) is 82.6 Å². The molecule has 0 aromatic rings. The lowest BCUT2D eigenvalue weighted by molar-refractivity contribution is 1.10. The van der Waals surface area contributed by atoms with Gasteiger partial charge in [-0.05, 0) is 26.3 Å². The molecule has 0 radical (unpaired) electrons. The highest BCUT2D eigenvalue weighted by molar-refractivity contribution is 5.93. The Morgan fingerprint density at radius 2 is 1.22 bits per heavy atom. The van der Waals surface area contributed by atoms with Gasteiger partial charge in [-0.25, -0.2) is 0 Å². The highest BCUT2D eigenvalue weighted by Gasteiger charge is 1.84. The van der Waals surface area contributed by atoms with Crippen LogP contribution in [0.25, 0.3) is 0 Å². The van der Waals surface area contributed by atoms with Gasteiger partial charge in [-0.1, -0.05) is 74.5 Å². The molecule has 0 spiro atoms. The van der Waals surface area contributed by atoms with Crippen molar-refractivity contribution >= 4 is 5.71 Å². The third kappa shape index (κ3) is 45.7. The smallest absolute Gasteiger partial charge is 0.0371 e. The predicted molar refractivity (Wildman–Crippen MR) is 92.7 cm³/mol. The molecule has 0 saturated heterocycles. The van der Waals surface area contributed by atoms with Crippen molar-refractivity contribution in [3.05, 3.63) is 24.4 Å². The van der Waals surface area contributed by atoms with E-state index in [0.717, 1.165) is 12.1 Å². The van der Waals surface area contributed by atoms with Crippen LogP contribution in [0, 0.1) is 0 Å². The second-order valence-corrected chi connectivity index (χ2v) is 2.30. The standard InChI is InChI=1S/C9H15N.4C2H6/c1-5-8(3)7-9(4)10-6-2;4*1-2/h6-7H,2,5H2,1,3-4H3;4*1-2H3/b8-7-,10-9?;;;;. The van der Waals surface area contributed by atoms with Gasteiger partial charge in [0.25, 0.3) is 0 Å². The van der Waals surface area contributed by atoms with E-state index in [9.17, 15) is 0 Å². The quantitative estimate of drug-likeness (QED) is 0.480. The number of aliphatic imine (C=N–C) groups is 1. The topological polar surface area (TPSA) is 12.4 Å². The van der Waals surface area contributed by atoms with E-state index in [1.165, 1.54) is 5.57 Å². The molecule has 0 saturated carbocycles. The number of nitrogens with zero attached hydrogens (tertiary/aromatic N) is 1. The van der Waals surface area contributed by atoms with Crippen LogP contribution in [0.1, 0.15) is 82.6 Å². The van der Waals surface area contributed by atoms with Crippen molar-refractivity contribution in [2.75, 3.05) is 0 Å². The summed E-state index contributed by atoms with van der Waals surface area (Å²) in [6.45, 7) is 25.7. The number of allylic oxidation sites excluding steroid dienone is 2. The van der Waals surface area contributed by atoms with E-state index in [4.69, 9.17) is 0 Å². The average Bonchev–Trinajstić information content (AvgIpc) is 2.47. The molecule has 1 nitrogen and oxygen atoms in total. The monoisotopic (exact) mass is 257 g/mol. The molecule has 0 aromatic carbocycles.